The number of aliphatic carboxylic acids is 1. The summed E-state index contributed by atoms with van der Waals surface area (Å²) < 4.78 is 43.1. The van der Waals surface area contributed by atoms with Gasteiger partial charge in [0.25, 0.3) is 5.89 Å². The summed E-state index contributed by atoms with van der Waals surface area (Å²) in [6.07, 6.45) is -0.964. The summed E-state index contributed by atoms with van der Waals surface area (Å²) >= 11 is 0. The SMILES string of the molecule is CC1CC(C(=O)O)C1.Cc1ccccc1C1(c2noc(-c3cc(C(F)(F)F)[nH]n3)n2)CC1. The molecule has 5 rings (SSSR count). The topological polar surface area (TPSA) is 105 Å². The molecule has 32 heavy (non-hydrogen) atoms. The third kappa shape index (κ3) is 4.26. The first-order chi connectivity index (χ1) is 15.1. The van der Waals surface area contributed by atoms with Gasteiger partial charge in [0, 0.05) is 6.07 Å². The summed E-state index contributed by atoms with van der Waals surface area (Å²) in [6, 6.07) is 8.81. The molecule has 0 unspecified atom stereocenters. The molecule has 10 heteroatoms. The van der Waals surface area contributed by atoms with Gasteiger partial charge >= 0.3 is 12.1 Å². The van der Waals surface area contributed by atoms with Crippen LogP contribution in [0.2, 0.25) is 0 Å². The van der Waals surface area contributed by atoms with Gasteiger partial charge in [-0.2, -0.15) is 23.3 Å². The summed E-state index contributed by atoms with van der Waals surface area (Å²) in [6.45, 7) is 4.10. The van der Waals surface area contributed by atoms with Crippen molar-refractivity contribution in [1.29, 1.82) is 0 Å². The Kier molecular flexibility index (Phi) is 5.56. The van der Waals surface area contributed by atoms with E-state index in [1.807, 2.05) is 36.3 Å². The van der Waals surface area contributed by atoms with Gasteiger partial charge in [-0.25, -0.2) is 0 Å². The predicted octanol–water partition coefficient (Wildman–Crippen LogP) is 4.98. The number of hydrogen-bond donors (Lipinski definition) is 2. The Balaban J connectivity index is 0.000000260. The highest BCUT2D eigenvalue weighted by atomic mass is 19.4. The van der Waals surface area contributed by atoms with Gasteiger partial charge in [0.1, 0.15) is 5.69 Å². The number of carbonyl (C=O) groups is 1. The zero-order chi connectivity index (χ0) is 23.1. The fourth-order valence-corrected chi connectivity index (χ4v) is 4.05. The Morgan fingerprint density at radius 1 is 1.25 bits per heavy atom. The molecule has 0 saturated heterocycles. The minimum Gasteiger partial charge on any atom is -0.481 e. The standard InChI is InChI=1S/C16H13F3N4O.C6H10O2/c1-9-4-2-3-5-10(9)15(6-7-15)14-20-13(24-23-14)11-8-12(22-21-11)16(17,18)19;1-4-2-5(3-4)6(7)8/h2-5,8H,6-7H2,1H3,(H,21,22);4-5H,2-3H2,1H3,(H,7,8). The number of nitrogens with zero attached hydrogens (tertiary/aromatic N) is 3. The number of rotatable bonds is 4. The molecule has 3 aromatic rings. The van der Waals surface area contributed by atoms with Crippen molar-refractivity contribution in [1.82, 2.24) is 20.3 Å². The number of halogens is 3. The van der Waals surface area contributed by atoms with Gasteiger partial charge < -0.3 is 9.63 Å². The van der Waals surface area contributed by atoms with E-state index in [0.29, 0.717) is 11.7 Å². The van der Waals surface area contributed by atoms with E-state index < -0.39 is 17.8 Å². The zero-order valence-corrected chi connectivity index (χ0v) is 17.6. The molecule has 2 heterocycles. The predicted molar refractivity (Wildman–Crippen MR) is 108 cm³/mol. The number of hydrogen-bond acceptors (Lipinski definition) is 5. The van der Waals surface area contributed by atoms with Crippen LogP contribution in [0, 0.1) is 18.8 Å². The summed E-state index contributed by atoms with van der Waals surface area (Å²) in [5.41, 5.74) is 0.978. The van der Waals surface area contributed by atoms with Crippen LogP contribution in [0.3, 0.4) is 0 Å². The van der Waals surface area contributed by atoms with E-state index in [9.17, 15) is 18.0 Å². The van der Waals surface area contributed by atoms with Crippen molar-refractivity contribution < 1.29 is 27.6 Å². The van der Waals surface area contributed by atoms with Crippen LogP contribution in [-0.2, 0) is 16.4 Å². The molecule has 7 nitrogen and oxygen atoms in total. The molecule has 1 aromatic carbocycles. The average Bonchev–Trinajstić information content (AvgIpc) is 3.13. The fraction of sp³-hybridized carbons (Fsp3) is 0.455. The molecule has 0 radical (unpaired) electrons. The molecule has 0 bridgehead atoms. The molecule has 0 aliphatic heterocycles. The van der Waals surface area contributed by atoms with Crippen LogP contribution in [0.25, 0.3) is 11.6 Å². The van der Waals surface area contributed by atoms with Gasteiger partial charge in [-0.3, -0.25) is 9.89 Å². The summed E-state index contributed by atoms with van der Waals surface area (Å²) in [5.74, 6) is 0.476. The average molecular weight is 448 g/mol. The Morgan fingerprint density at radius 3 is 2.44 bits per heavy atom. The van der Waals surface area contributed by atoms with Crippen molar-refractivity contribution in [3.05, 3.63) is 53.0 Å². The quantitative estimate of drug-likeness (QED) is 0.583. The number of carboxylic acid groups (broad SMARTS) is 1. The second kappa shape index (κ2) is 8.07. The van der Waals surface area contributed by atoms with Crippen molar-refractivity contribution in [2.45, 2.75) is 51.1 Å². The first-order valence-electron chi connectivity index (χ1n) is 10.4. The molecule has 0 amide bonds. The van der Waals surface area contributed by atoms with E-state index in [4.69, 9.17) is 9.63 Å². The van der Waals surface area contributed by atoms with Gasteiger partial charge in [-0.05, 0) is 49.7 Å². The van der Waals surface area contributed by atoms with E-state index in [1.165, 1.54) is 0 Å². The van der Waals surface area contributed by atoms with Crippen LogP contribution >= 0.6 is 0 Å². The lowest BCUT2D eigenvalue weighted by atomic mass is 9.76. The highest BCUT2D eigenvalue weighted by Gasteiger charge is 2.50. The minimum atomic E-state index is -4.49. The molecule has 2 N–H and O–H groups in total. The lowest BCUT2D eigenvalue weighted by Crippen LogP contribution is -2.28. The maximum absolute atomic E-state index is 12.6. The number of alkyl halides is 3. The largest absolute Gasteiger partial charge is 0.481 e. The molecular weight excluding hydrogens is 425 g/mol. The van der Waals surface area contributed by atoms with E-state index in [-0.39, 0.29) is 22.9 Å². The molecule has 0 spiro atoms. The van der Waals surface area contributed by atoms with E-state index in [1.54, 1.807) is 0 Å². The monoisotopic (exact) mass is 448 g/mol. The van der Waals surface area contributed by atoms with Crippen LogP contribution in [0.5, 0.6) is 0 Å². The van der Waals surface area contributed by atoms with Crippen LogP contribution in [0.4, 0.5) is 13.2 Å². The maximum Gasteiger partial charge on any atom is 0.432 e. The number of H-pyrrole nitrogens is 1. The summed E-state index contributed by atoms with van der Waals surface area (Å²) in [4.78, 5) is 14.4. The first-order valence-corrected chi connectivity index (χ1v) is 10.4. The van der Waals surface area contributed by atoms with E-state index in [2.05, 4.69) is 22.2 Å². The first kappa shape index (κ1) is 22.0. The molecule has 2 aromatic heterocycles. The number of nitrogens with one attached hydrogen (secondary N) is 1. The summed E-state index contributed by atoms with van der Waals surface area (Å²) in [5, 5.41) is 17.9. The van der Waals surface area contributed by atoms with Crippen molar-refractivity contribution in [2.24, 2.45) is 11.8 Å². The Bertz CT molecular complexity index is 1110. The zero-order valence-electron chi connectivity index (χ0n) is 17.6. The number of benzene rings is 1. The van der Waals surface area contributed by atoms with Crippen molar-refractivity contribution in [3.8, 4) is 11.6 Å². The van der Waals surface area contributed by atoms with Gasteiger partial charge in [-0.1, -0.05) is 36.3 Å². The fourth-order valence-electron chi connectivity index (χ4n) is 4.05. The third-order valence-electron chi connectivity index (χ3n) is 6.09. The highest BCUT2D eigenvalue weighted by Crippen LogP contribution is 2.53. The molecule has 2 aliphatic rings. The molecule has 2 saturated carbocycles. The Labute approximate surface area is 182 Å². The second-order valence-electron chi connectivity index (χ2n) is 8.60. The lowest BCUT2D eigenvalue weighted by Gasteiger charge is -2.28. The number of carboxylic acids is 1. The van der Waals surface area contributed by atoms with Crippen LogP contribution in [0.1, 0.15) is 55.3 Å². The second-order valence-corrected chi connectivity index (χ2v) is 8.60. The maximum atomic E-state index is 12.6. The van der Waals surface area contributed by atoms with Gasteiger partial charge in [0.05, 0.1) is 11.3 Å². The van der Waals surface area contributed by atoms with Crippen LogP contribution in [-0.4, -0.2) is 31.4 Å². The molecule has 2 fully saturated rings. The van der Waals surface area contributed by atoms with Gasteiger partial charge in [0.15, 0.2) is 11.5 Å². The van der Waals surface area contributed by atoms with E-state index in [0.717, 1.165) is 42.9 Å². The van der Waals surface area contributed by atoms with Gasteiger partial charge in [-0.15, -0.1) is 0 Å². The summed E-state index contributed by atoms with van der Waals surface area (Å²) in [7, 11) is 0. The minimum absolute atomic E-state index is 0.0124. The molecular formula is C22H23F3N4O3. The smallest absolute Gasteiger partial charge is 0.432 e. The number of aryl methyl sites for hydroxylation is 1. The van der Waals surface area contributed by atoms with Crippen molar-refractivity contribution in [2.75, 3.05) is 0 Å². The van der Waals surface area contributed by atoms with Crippen molar-refractivity contribution in [3.63, 3.8) is 0 Å². The van der Waals surface area contributed by atoms with Crippen LogP contribution < -0.4 is 0 Å². The lowest BCUT2D eigenvalue weighted by molar-refractivity contribution is -0.146. The molecule has 0 atom stereocenters. The normalized spacial score (nSPS) is 21.3. The molecule has 170 valence electrons. The molecule has 2 aliphatic carbocycles. The van der Waals surface area contributed by atoms with Crippen LogP contribution in [0.15, 0.2) is 34.9 Å². The number of aromatic nitrogens is 4. The Hall–Kier alpha value is -3.17. The van der Waals surface area contributed by atoms with Crippen molar-refractivity contribution >= 4 is 5.97 Å². The Morgan fingerprint density at radius 2 is 1.94 bits per heavy atom. The number of aromatic amines is 1. The van der Waals surface area contributed by atoms with E-state index >= 15 is 0 Å². The highest BCUT2D eigenvalue weighted by molar-refractivity contribution is 5.70. The van der Waals surface area contributed by atoms with Gasteiger partial charge in [0.2, 0.25) is 0 Å². The third-order valence-corrected chi connectivity index (χ3v) is 6.09.